The highest BCUT2D eigenvalue weighted by molar-refractivity contribution is 7.90. The van der Waals surface area contributed by atoms with Crippen LogP contribution in [-0.4, -0.2) is 43.0 Å². The minimum Gasteiger partial charge on any atom is -0.439 e. The van der Waals surface area contributed by atoms with Crippen LogP contribution in [0.15, 0.2) is 46.9 Å². The van der Waals surface area contributed by atoms with Crippen LogP contribution in [0.2, 0.25) is 0 Å². The van der Waals surface area contributed by atoms with Crippen LogP contribution in [0.5, 0.6) is 11.6 Å². The summed E-state index contributed by atoms with van der Waals surface area (Å²) >= 11 is 0. The summed E-state index contributed by atoms with van der Waals surface area (Å²) in [7, 11) is -3.48. The molecule has 0 radical (unpaired) electrons. The molecule has 6 nitrogen and oxygen atoms in total. The number of alkyl halides is 3. The van der Waals surface area contributed by atoms with Crippen molar-refractivity contribution in [2.75, 3.05) is 18.8 Å². The molecule has 10 heteroatoms. The number of nitrogens with zero attached hydrogens (tertiary/aromatic N) is 3. The van der Waals surface area contributed by atoms with E-state index >= 15 is 0 Å². The molecule has 0 amide bonds. The van der Waals surface area contributed by atoms with Gasteiger partial charge in [-0.05, 0) is 48.9 Å². The van der Waals surface area contributed by atoms with Crippen LogP contribution in [0.4, 0.5) is 13.2 Å². The Morgan fingerprint density at radius 3 is 2.66 bits per heavy atom. The summed E-state index contributed by atoms with van der Waals surface area (Å²) in [5.74, 6) is 1.36. The van der Waals surface area contributed by atoms with E-state index in [1.807, 2.05) is 12.1 Å². The summed E-state index contributed by atoms with van der Waals surface area (Å²) in [6.45, 7) is 1.29. The highest BCUT2D eigenvalue weighted by Gasteiger charge is 2.50. The molecule has 1 saturated heterocycles. The van der Waals surface area contributed by atoms with Gasteiger partial charge in [0.25, 0.3) is 10.0 Å². The number of rotatable bonds is 3. The average molecular weight is 465 g/mol. The number of piperidine rings is 1. The number of fused-ring (bicyclic) bond motifs is 4. The number of hydrogen-bond donors (Lipinski definition) is 0. The molecule has 0 N–H and O–H groups in total. The Labute approximate surface area is 184 Å². The SMILES string of the molecule is O=S1(=O)CCN2CC3CCCC(c4ccc(Oc5cccc(C(F)(F)F)n5)cc4)(C3)C2=N1. The molecule has 2 aliphatic heterocycles. The fourth-order valence-corrected chi connectivity index (χ4v) is 6.27. The topological polar surface area (TPSA) is 71.9 Å². The fraction of sp³-hybridized carbons (Fsp3) is 0.455. The first-order chi connectivity index (χ1) is 15.1. The van der Waals surface area contributed by atoms with E-state index in [1.54, 1.807) is 12.1 Å². The Bertz CT molecular complexity index is 1160. The van der Waals surface area contributed by atoms with Crippen LogP contribution in [0.1, 0.15) is 36.9 Å². The van der Waals surface area contributed by atoms with Crippen molar-refractivity contribution in [2.45, 2.75) is 37.3 Å². The number of hydrogen-bond acceptors (Lipinski definition) is 5. The van der Waals surface area contributed by atoms with Crippen molar-refractivity contribution in [3.05, 3.63) is 53.7 Å². The molecular weight excluding hydrogens is 443 g/mol. The maximum absolute atomic E-state index is 12.9. The summed E-state index contributed by atoms with van der Waals surface area (Å²) in [4.78, 5) is 5.65. The van der Waals surface area contributed by atoms with Crippen molar-refractivity contribution in [1.82, 2.24) is 9.88 Å². The number of amidine groups is 1. The quantitative estimate of drug-likeness (QED) is 0.673. The summed E-state index contributed by atoms with van der Waals surface area (Å²) in [6, 6.07) is 10.6. The molecule has 1 aromatic carbocycles. The highest BCUT2D eigenvalue weighted by atomic mass is 32.2. The van der Waals surface area contributed by atoms with E-state index in [1.165, 1.54) is 12.1 Å². The minimum atomic E-state index is -4.55. The first-order valence-electron chi connectivity index (χ1n) is 10.6. The van der Waals surface area contributed by atoms with Gasteiger partial charge < -0.3 is 9.64 Å². The van der Waals surface area contributed by atoms with Gasteiger partial charge in [-0.25, -0.2) is 13.4 Å². The molecule has 3 aliphatic rings. The van der Waals surface area contributed by atoms with Crippen molar-refractivity contribution in [3.63, 3.8) is 0 Å². The van der Waals surface area contributed by atoms with Crippen LogP contribution in [0.25, 0.3) is 0 Å². The lowest BCUT2D eigenvalue weighted by atomic mass is 9.62. The predicted molar refractivity (Wildman–Crippen MR) is 112 cm³/mol. The molecule has 32 heavy (non-hydrogen) atoms. The Hall–Kier alpha value is -2.62. The third-order valence-electron chi connectivity index (χ3n) is 6.55. The second-order valence-corrected chi connectivity index (χ2v) is 10.4. The molecule has 5 rings (SSSR count). The van der Waals surface area contributed by atoms with Crippen LogP contribution in [0, 0.1) is 5.92 Å². The number of aromatic nitrogens is 1. The van der Waals surface area contributed by atoms with Crippen molar-refractivity contribution in [3.8, 4) is 11.6 Å². The molecular formula is C22H22F3N3O3S. The lowest BCUT2D eigenvalue weighted by molar-refractivity contribution is -0.141. The van der Waals surface area contributed by atoms with E-state index in [0.29, 0.717) is 24.0 Å². The fourth-order valence-electron chi connectivity index (χ4n) is 5.18. The summed E-state index contributed by atoms with van der Waals surface area (Å²) in [5, 5.41) is 0. The van der Waals surface area contributed by atoms with Crippen molar-refractivity contribution in [1.29, 1.82) is 0 Å². The number of pyridine rings is 1. The first kappa shape index (κ1) is 21.2. The number of halogens is 3. The number of benzene rings is 1. The number of ether oxygens (including phenoxy) is 1. The molecule has 2 atom stereocenters. The molecule has 3 heterocycles. The van der Waals surface area contributed by atoms with E-state index in [-0.39, 0.29) is 11.6 Å². The third-order valence-corrected chi connectivity index (χ3v) is 7.70. The second-order valence-electron chi connectivity index (χ2n) is 8.68. The maximum atomic E-state index is 12.9. The lowest BCUT2D eigenvalue weighted by Gasteiger charge is -2.52. The van der Waals surface area contributed by atoms with E-state index < -0.39 is 27.3 Å². The summed E-state index contributed by atoms with van der Waals surface area (Å²) in [5.41, 5.74) is -0.536. The van der Waals surface area contributed by atoms with Gasteiger partial charge in [-0.1, -0.05) is 24.6 Å². The molecule has 0 spiro atoms. The van der Waals surface area contributed by atoms with E-state index in [4.69, 9.17) is 4.74 Å². The minimum absolute atomic E-state index is 0.0378. The van der Waals surface area contributed by atoms with Crippen LogP contribution >= 0.6 is 0 Å². The van der Waals surface area contributed by atoms with Crippen LogP contribution in [0.3, 0.4) is 0 Å². The van der Waals surface area contributed by atoms with Gasteiger partial charge in [0, 0.05) is 19.2 Å². The Balaban J connectivity index is 1.46. The van der Waals surface area contributed by atoms with Gasteiger partial charge in [0.15, 0.2) is 0 Å². The zero-order chi connectivity index (χ0) is 22.6. The van der Waals surface area contributed by atoms with Gasteiger partial charge in [0.2, 0.25) is 5.88 Å². The molecule has 2 fully saturated rings. The molecule has 2 bridgehead atoms. The molecule has 2 aromatic rings. The second kappa shape index (κ2) is 7.47. The summed E-state index contributed by atoms with van der Waals surface area (Å²) < 4.78 is 73.0. The monoisotopic (exact) mass is 465 g/mol. The largest absolute Gasteiger partial charge is 0.439 e. The predicted octanol–water partition coefficient (Wildman–Crippen LogP) is 4.38. The summed E-state index contributed by atoms with van der Waals surface area (Å²) in [6.07, 6.45) is -0.796. The normalized spacial score (nSPS) is 26.8. The van der Waals surface area contributed by atoms with Gasteiger partial charge in [-0.15, -0.1) is 4.40 Å². The van der Waals surface area contributed by atoms with Gasteiger partial charge in [-0.3, -0.25) is 0 Å². The molecule has 1 aliphatic carbocycles. The lowest BCUT2D eigenvalue weighted by Crippen LogP contribution is -2.59. The molecule has 2 unspecified atom stereocenters. The molecule has 1 saturated carbocycles. The Morgan fingerprint density at radius 1 is 1.12 bits per heavy atom. The van der Waals surface area contributed by atoms with Gasteiger partial charge in [0.05, 0.1) is 11.2 Å². The van der Waals surface area contributed by atoms with E-state index in [0.717, 1.165) is 43.9 Å². The Kier molecular flexibility index (Phi) is 4.96. The standard InChI is InChI=1S/C22H22F3N3O3S/c23-22(24,25)18-4-1-5-19(26-18)31-17-8-6-16(7-9-17)21-10-2-3-15(13-21)14-28-11-12-32(29,30)27-20(21)28/h1,4-9,15H,2-3,10-14H2. The van der Waals surface area contributed by atoms with Crippen LogP contribution < -0.4 is 4.74 Å². The van der Waals surface area contributed by atoms with E-state index in [2.05, 4.69) is 14.3 Å². The first-order valence-corrected chi connectivity index (χ1v) is 12.2. The average Bonchev–Trinajstić information content (AvgIpc) is 2.74. The molecule has 1 aromatic heterocycles. The van der Waals surface area contributed by atoms with Crippen LogP contribution in [-0.2, 0) is 21.6 Å². The van der Waals surface area contributed by atoms with Crippen molar-refractivity contribution in [2.24, 2.45) is 10.3 Å². The zero-order valence-electron chi connectivity index (χ0n) is 17.2. The third kappa shape index (κ3) is 3.85. The zero-order valence-corrected chi connectivity index (χ0v) is 18.0. The van der Waals surface area contributed by atoms with Crippen molar-refractivity contribution >= 4 is 15.9 Å². The van der Waals surface area contributed by atoms with E-state index in [9.17, 15) is 21.6 Å². The van der Waals surface area contributed by atoms with Gasteiger partial charge in [-0.2, -0.15) is 13.2 Å². The van der Waals surface area contributed by atoms with Crippen molar-refractivity contribution < 1.29 is 26.3 Å². The maximum Gasteiger partial charge on any atom is 0.433 e. The smallest absolute Gasteiger partial charge is 0.433 e. The Morgan fingerprint density at radius 2 is 1.91 bits per heavy atom. The highest BCUT2D eigenvalue weighted by Crippen LogP contribution is 2.48. The number of sulfonamides is 1. The van der Waals surface area contributed by atoms with Gasteiger partial charge >= 0.3 is 6.18 Å². The molecule has 170 valence electrons. The van der Waals surface area contributed by atoms with Gasteiger partial charge in [0.1, 0.15) is 17.3 Å².